The predicted molar refractivity (Wildman–Crippen MR) is 90.8 cm³/mol. The number of benzene rings is 2. The summed E-state index contributed by atoms with van der Waals surface area (Å²) in [5.41, 5.74) is 2.10. The quantitative estimate of drug-likeness (QED) is 0.383. The summed E-state index contributed by atoms with van der Waals surface area (Å²) < 4.78 is 35.8. The molecule has 7 nitrogen and oxygen atoms in total. The summed E-state index contributed by atoms with van der Waals surface area (Å²) in [5, 5.41) is 0. The first kappa shape index (κ1) is 15.1. The maximum Gasteiger partial charge on any atom is 0.848 e. The molecule has 4 rings (SSSR count). The van der Waals surface area contributed by atoms with Crippen LogP contribution >= 0.6 is 32.7 Å². The standard InChI is InChI=1S/C14H8N2O5PS2/c17-22(20-15-9-5-1-3-7-11(9)18-13(15)23)21-16-10-6-2-4-8-12(10)19-14(16)24/h1-8H/q+1. The number of hydrogen-bond donors (Lipinski definition) is 0. The number of para-hydroxylation sites is 4. The van der Waals surface area contributed by atoms with E-state index in [0.29, 0.717) is 22.2 Å². The van der Waals surface area contributed by atoms with E-state index in [4.69, 9.17) is 42.5 Å². The lowest BCUT2D eigenvalue weighted by Gasteiger charge is -1.94. The van der Waals surface area contributed by atoms with Crippen molar-refractivity contribution in [3.8, 4) is 0 Å². The van der Waals surface area contributed by atoms with E-state index in [0.717, 1.165) is 9.46 Å². The summed E-state index contributed by atoms with van der Waals surface area (Å²) in [4.78, 5) is 0.0348. The molecule has 0 spiro atoms. The number of rotatable bonds is 4. The number of aromatic nitrogens is 2. The topological polar surface area (TPSA) is 71.7 Å². The Morgan fingerprint density at radius 2 is 1.21 bits per heavy atom. The molecule has 0 bridgehead atoms. The number of oxazole rings is 2. The van der Waals surface area contributed by atoms with Crippen molar-refractivity contribution < 1.29 is 22.6 Å². The molecular weight excluding hydrogens is 371 g/mol. The molecule has 0 atom stereocenters. The van der Waals surface area contributed by atoms with Crippen LogP contribution < -0.4 is 9.25 Å². The molecule has 0 saturated carbocycles. The van der Waals surface area contributed by atoms with Gasteiger partial charge in [0, 0.05) is 4.57 Å². The highest BCUT2D eigenvalue weighted by Gasteiger charge is 2.30. The van der Waals surface area contributed by atoms with Crippen LogP contribution in [0.1, 0.15) is 0 Å². The average Bonchev–Trinajstić information content (AvgIpc) is 3.05. The first-order valence-electron chi connectivity index (χ1n) is 6.69. The number of hydrogen-bond acceptors (Lipinski definition) is 7. The monoisotopic (exact) mass is 379 g/mol. The Labute approximate surface area is 145 Å². The minimum absolute atomic E-state index is 0.0174. The van der Waals surface area contributed by atoms with Gasteiger partial charge in [-0.25, -0.2) is 0 Å². The molecule has 2 aromatic carbocycles. The molecule has 10 heteroatoms. The van der Waals surface area contributed by atoms with E-state index >= 15 is 0 Å². The van der Waals surface area contributed by atoms with Crippen molar-refractivity contribution in [2.45, 2.75) is 0 Å². The lowest BCUT2D eigenvalue weighted by molar-refractivity contribution is 0.187. The SMILES string of the molecule is O=[P+](On1c(=S)oc2ccccc21)On1c(=S)oc2ccccc21. The van der Waals surface area contributed by atoms with Gasteiger partial charge in [-0.3, -0.25) is 0 Å². The zero-order valence-electron chi connectivity index (χ0n) is 11.8. The summed E-state index contributed by atoms with van der Waals surface area (Å²) in [7, 11) is -2.64. The fourth-order valence-corrected chi connectivity index (χ4v) is 3.38. The molecular formula is C14H8N2O5PS2+. The molecule has 0 fully saturated rings. The Morgan fingerprint density at radius 1 is 0.792 bits per heavy atom. The van der Waals surface area contributed by atoms with E-state index in [1.807, 2.05) is 0 Å². The third-order valence-electron chi connectivity index (χ3n) is 3.19. The highest BCUT2D eigenvalue weighted by atomic mass is 32.1. The minimum Gasteiger partial charge on any atom is -0.427 e. The van der Waals surface area contributed by atoms with E-state index < -0.39 is 8.25 Å². The van der Waals surface area contributed by atoms with Crippen LogP contribution in [0, 0.1) is 9.67 Å². The van der Waals surface area contributed by atoms with Crippen LogP contribution in [0.25, 0.3) is 22.2 Å². The van der Waals surface area contributed by atoms with E-state index in [1.54, 1.807) is 48.5 Å². The van der Waals surface area contributed by atoms with Gasteiger partial charge in [-0.15, -0.1) is 9.25 Å². The lowest BCUT2D eigenvalue weighted by atomic mass is 10.3. The summed E-state index contributed by atoms with van der Waals surface area (Å²) in [6, 6.07) is 14.0. The van der Waals surface area contributed by atoms with Crippen molar-refractivity contribution in [1.82, 2.24) is 9.46 Å². The Balaban J connectivity index is 1.67. The van der Waals surface area contributed by atoms with Crippen molar-refractivity contribution in [2.75, 3.05) is 0 Å². The zero-order valence-corrected chi connectivity index (χ0v) is 14.3. The second-order valence-corrected chi connectivity index (χ2v) is 6.12. The van der Waals surface area contributed by atoms with Gasteiger partial charge in [0.2, 0.25) is 0 Å². The van der Waals surface area contributed by atoms with Crippen LogP contribution in [-0.4, -0.2) is 9.46 Å². The summed E-state index contributed by atoms with van der Waals surface area (Å²) in [5.74, 6) is 0. The maximum absolute atomic E-state index is 12.3. The Hall–Kier alpha value is -2.48. The van der Waals surface area contributed by atoms with Crippen LogP contribution in [-0.2, 0) is 4.57 Å². The van der Waals surface area contributed by atoms with Gasteiger partial charge in [0.1, 0.15) is 11.0 Å². The predicted octanol–water partition coefficient (Wildman–Crippen LogP) is 4.46. The molecule has 0 radical (unpaired) electrons. The van der Waals surface area contributed by atoms with Gasteiger partial charge in [-0.05, 0) is 48.7 Å². The largest absolute Gasteiger partial charge is 0.848 e. The first-order valence-corrected chi connectivity index (χ1v) is 8.60. The minimum atomic E-state index is -2.64. The fraction of sp³-hybridized carbons (Fsp3) is 0. The van der Waals surface area contributed by atoms with Crippen LogP contribution in [0.3, 0.4) is 0 Å². The maximum atomic E-state index is 12.3. The Morgan fingerprint density at radius 3 is 1.67 bits per heavy atom. The average molecular weight is 379 g/mol. The Bertz CT molecular complexity index is 1100. The van der Waals surface area contributed by atoms with Gasteiger partial charge in [-0.1, -0.05) is 33.7 Å². The van der Waals surface area contributed by atoms with E-state index in [-0.39, 0.29) is 9.67 Å². The van der Waals surface area contributed by atoms with Crippen molar-refractivity contribution in [3.05, 3.63) is 58.2 Å². The van der Waals surface area contributed by atoms with Gasteiger partial charge in [0.25, 0.3) is 0 Å². The zero-order chi connectivity index (χ0) is 16.7. The van der Waals surface area contributed by atoms with Crippen LogP contribution in [0.5, 0.6) is 0 Å². The molecule has 4 aromatic rings. The molecule has 0 unspecified atom stereocenters. The summed E-state index contributed by atoms with van der Waals surface area (Å²) >= 11 is 10.1. The second kappa shape index (κ2) is 5.86. The van der Waals surface area contributed by atoms with E-state index in [9.17, 15) is 4.57 Å². The van der Waals surface area contributed by atoms with Gasteiger partial charge in [-0.2, -0.15) is 0 Å². The van der Waals surface area contributed by atoms with Gasteiger partial charge < -0.3 is 8.83 Å². The highest BCUT2D eigenvalue weighted by Crippen LogP contribution is 2.24. The molecule has 0 aliphatic heterocycles. The van der Waals surface area contributed by atoms with Gasteiger partial charge in [0.05, 0.1) is 0 Å². The van der Waals surface area contributed by atoms with Gasteiger partial charge >= 0.3 is 17.9 Å². The van der Waals surface area contributed by atoms with Crippen LogP contribution in [0.15, 0.2) is 57.4 Å². The molecule has 24 heavy (non-hydrogen) atoms. The second-order valence-electron chi connectivity index (χ2n) is 4.65. The first-order chi connectivity index (χ1) is 11.6. The molecule has 120 valence electrons. The van der Waals surface area contributed by atoms with E-state index in [1.165, 1.54) is 0 Å². The lowest BCUT2D eigenvalue weighted by Crippen LogP contribution is -2.11. The summed E-state index contributed by atoms with van der Waals surface area (Å²) in [6.45, 7) is 0. The third kappa shape index (κ3) is 2.52. The van der Waals surface area contributed by atoms with Crippen LogP contribution in [0.4, 0.5) is 0 Å². The van der Waals surface area contributed by atoms with Crippen LogP contribution in [0.2, 0.25) is 0 Å². The number of nitrogens with zero attached hydrogens (tertiary/aromatic N) is 2. The molecule has 2 aromatic heterocycles. The fourth-order valence-electron chi connectivity index (χ4n) is 2.19. The summed E-state index contributed by atoms with van der Waals surface area (Å²) in [6.07, 6.45) is 0. The Kier molecular flexibility index (Phi) is 3.68. The van der Waals surface area contributed by atoms with Crippen molar-refractivity contribution in [3.63, 3.8) is 0 Å². The number of fused-ring (bicyclic) bond motifs is 2. The molecule has 0 aliphatic rings. The van der Waals surface area contributed by atoms with E-state index in [2.05, 4.69) is 0 Å². The molecule has 0 amide bonds. The molecule has 0 N–H and O–H groups in total. The molecule has 0 aliphatic carbocycles. The highest BCUT2D eigenvalue weighted by molar-refractivity contribution is 7.71. The third-order valence-corrected chi connectivity index (χ3v) is 4.28. The van der Waals surface area contributed by atoms with Gasteiger partial charge in [0.15, 0.2) is 11.2 Å². The smallest absolute Gasteiger partial charge is 0.427 e. The normalized spacial score (nSPS) is 11.0. The van der Waals surface area contributed by atoms with Crippen molar-refractivity contribution in [2.24, 2.45) is 0 Å². The molecule has 2 heterocycles. The molecule has 0 saturated heterocycles. The van der Waals surface area contributed by atoms with Crippen molar-refractivity contribution in [1.29, 1.82) is 0 Å². The van der Waals surface area contributed by atoms with Crippen molar-refractivity contribution >= 4 is 54.9 Å².